The molecule has 0 heterocycles. The molecule has 0 aromatic carbocycles. The Morgan fingerprint density at radius 1 is 0.513 bits per heavy atom. The zero-order valence-corrected chi connectivity index (χ0v) is 26.8. The van der Waals surface area contributed by atoms with Gasteiger partial charge >= 0.3 is 5.97 Å². The quantitative estimate of drug-likeness (QED) is 0.0393. The van der Waals surface area contributed by atoms with Crippen LogP contribution in [-0.4, -0.2) is 12.2 Å². The third-order valence-corrected chi connectivity index (χ3v) is 8.02. The molecule has 39 heavy (non-hydrogen) atoms. The molecule has 0 aromatic rings. The second-order valence-corrected chi connectivity index (χ2v) is 12.1. The predicted molar refractivity (Wildman–Crippen MR) is 173 cm³/mol. The van der Waals surface area contributed by atoms with Crippen molar-refractivity contribution in [3.63, 3.8) is 0 Å². The van der Waals surface area contributed by atoms with Crippen LogP contribution in [0.5, 0.6) is 0 Å². The predicted octanol–water partition coefficient (Wildman–Crippen LogP) is 12.1. The highest BCUT2D eigenvalue weighted by atomic mass is 16.6. The molecule has 232 valence electrons. The Labute approximate surface area is 245 Å². The number of carbonyl (C=O) groups excluding carboxylic acids is 1. The molecule has 1 unspecified atom stereocenters. The highest BCUT2D eigenvalue weighted by molar-refractivity contribution is 5.69. The smallest absolute Gasteiger partial charge is 0.307 e. The summed E-state index contributed by atoms with van der Waals surface area (Å²) < 4.78 is 5.42. The minimum absolute atomic E-state index is 0.110. The molecular weight excluding hydrogens is 478 g/mol. The fourth-order valence-corrected chi connectivity index (χ4v) is 5.34. The van der Waals surface area contributed by atoms with E-state index in [-0.39, 0.29) is 5.97 Å². The standard InChI is InChI=1S/C36H71NO2/c1-3-5-7-9-11-13-15-17-19-21-23-25-27-29-31-33-35(37)39-36(38)34-32-30-28-26-24-22-20-18-16-14-12-10-8-6-4-2/h18,20,35H,3-17,19,21-34,37H2,1-2H3/b20-18-. The number of ether oxygens (including phenoxy) is 1. The van der Waals surface area contributed by atoms with Crippen LogP contribution in [0, 0.1) is 0 Å². The number of rotatable bonds is 32. The first-order valence-electron chi connectivity index (χ1n) is 17.8. The van der Waals surface area contributed by atoms with Gasteiger partial charge in [0.1, 0.15) is 0 Å². The molecule has 2 N–H and O–H groups in total. The molecule has 0 aliphatic rings. The van der Waals surface area contributed by atoms with E-state index in [1.54, 1.807) is 0 Å². The molecule has 0 saturated heterocycles. The van der Waals surface area contributed by atoms with Gasteiger partial charge in [-0.2, -0.15) is 0 Å². The van der Waals surface area contributed by atoms with Gasteiger partial charge < -0.3 is 4.74 Å². The lowest BCUT2D eigenvalue weighted by atomic mass is 10.0. The minimum atomic E-state index is -0.414. The lowest BCUT2D eigenvalue weighted by molar-refractivity contribution is -0.149. The van der Waals surface area contributed by atoms with E-state index in [9.17, 15) is 4.79 Å². The fourth-order valence-electron chi connectivity index (χ4n) is 5.34. The van der Waals surface area contributed by atoms with E-state index >= 15 is 0 Å². The van der Waals surface area contributed by atoms with Crippen molar-refractivity contribution < 1.29 is 9.53 Å². The molecule has 0 aliphatic heterocycles. The van der Waals surface area contributed by atoms with E-state index in [1.165, 1.54) is 161 Å². The molecule has 0 bridgehead atoms. The second kappa shape index (κ2) is 33.4. The lowest BCUT2D eigenvalue weighted by Gasteiger charge is -2.13. The number of nitrogens with two attached hydrogens (primary N) is 1. The molecule has 1 atom stereocenters. The van der Waals surface area contributed by atoms with Crippen LogP contribution in [0.25, 0.3) is 0 Å². The summed E-state index contributed by atoms with van der Waals surface area (Å²) in [7, 11) is 0. The Kier molecular flexibility index (Phi) is 32.7. The Balaban J connectivity index is 3.31. The zero-order valence-electron chi connectivity index (χ0n) is 26.8. The van der Waals surface area contributed by atoms with Crippen LogP contribution >= 0.6 is 0 Å². The van der Waals surface area contributed by atoms with Crippen molar-refractivity contribution in [1.29, 1.82) is 0 Å². The molecule has 0 amide bonds. The van der Waals surface area contributed by atoms with E-state index in [1.807, 2.05) is 0 Å². The summed E-state index contributed by atoms with van der Waals surface area (Å²) in [5.74, 6) is -0.110. The summed E-state index contributed by atoms with van der Waals surface area (Å²) in [5.41, 5.74) is 6.04. The maximum absolute atomic E-state index is 12.0. The first-order valence-corrected chi connectivity index (χ1v) is 17.8. The highest BCUT2D eigenvalue weighted by Crippen LogP contribution is 2.15. The lowest BCUT2D eigenvalue weighted by Crippen LogP contribution is -2.26. The Bertz CT molecular complexity index is 504. The van der Waals surface area contributed by atoms with Gasteiger partial charge in [-0.05, 0) is 44.9 Å². The minimum Gasteiger partial charge on any atom is -0.447 e. The number of hydrogen-bond acceptors (Lipinski definition) is 3. The van der Waals surface area contributed by atoms with Gasteiger partial charge in [0.15, 0.2) is 6.23 Å². The van der Waals surface area contributed by atoms with Crippen LogP contribution in [0.3, 0.4) is 0 Å². The molecule has 0 saturated carbocycles. The summed E-state index contributed by atoms with van der Waals surface area (Å²) in [4.78, 5) is 12.0. The van der Waals surface area contributed by atoms with Crippen molar-refractivity contribution in [2.24, 2.45) is 5.73 Å². The number of esters is 1. The van der Waals surface area contributed by atoms with Crippen LogP contribution in [0.1, 0.15) is 206 Å². The number of carbonyl (C=O) groups is 1. The van der Waals surface area contributed by atoms with Crippen LogP contribution in [0.4, 0.5) is 0 Å². The molecule has 0 radical (unpaired) electrons. The van der Waals surface area contributed by atoms with E-state index in [2.05, 4.69) is 26.0 Å². The molecule has 0 aliphatic carbocycles. The first-order chi connectivity index (χ1) is 19.2. The van der Waals surface area contributed by atoms with Gasteiger partial charge in [-0.3, -0.25) is 10.5 Å². The third-order valence-electron chi connectivity index (χ3n) is 8.02. The normalized spacial score (nSPS) is 12.4. The molecule has 3 heteroatoms. The van der Waals surface area contributed by atoms with Crippen molar-refractivity contribution in [3.05, 3.63) is 12.2 Å². The van der Waals surface area contributed by atoms with Gasteiger partial charge in [0, 0.05) is 6.42 Å². The maximum atomic E-state index is 12.0. The molecule has 0 spiro atoms. The SMILES string of the molecule is CCCCCCCC/C=C\CCCCCCCC(=O)OC(N)CCCCCCCCCCCCCCCCC. The molecule has 0 aromatic heterocycles. The number of unbranched alkanes of at least 4 members (excludes halogenated alkanes) is 25. The summed E-state index contributed by atoms with van der Waals surface area (Å²) in [6.45, 7) is 4.56. The molecule has 0 rings (SSSR count). The van der Waals surface area contributed by atoms with E-state index in [4.69, 9.17) is 10.5 Å². The van der Waals surface area contributed by atoms with E-state index in [0.29, 0.717) is 6.42 Å². The van der Waals surface area contributed by atoms with Gasteiger partial charge in [0.25, 0.3) is 0 Å². The Morgan fingerprint density at radius 2 is 0.846 bits per heavy atom. The third kappa shape index (κ3) is 33.3. The zero-order chi connectivity index (χ0) is 28.5. The van der Waals surface area contributed by atoms with Crippen LogP contribution in [-0.2, 0) is 9.53 Å². The first kappa shape index (κ1) is 38.2. The van der Waals surface area contributed by atoms with E-state index in [0.717, 1.165) is 25.7 Å². The Hall–Kier alpha value is -0.830. The summed E-state index contributed by atoms with van der Waals surface area (Å²) in [6.07, 6.45) is 42.6. The number of hydrogen-bond donors (Lipinski definition) is 1. The monoisotopic (exact) mass is 550 g/mol. The van der Waals surface area contributed by atoms with Gasteiger partial charge in [-0.25, -0.2) is 0 Å². The van der Waals surface area contributed by atoms with Crippen LogP contribution in [0.2, 0.25) is 0 Å². The maximum Gasteiger partial charge on any atom is 0.307 e. The average Bonchev–Trinajstić information content (AvgIpc) is 2.93. The van der Waals surface area contributed by atoms with Crippen molar-refractivity contribution in [1.82, 2.24) is 0 Å². The second-order valence-electron chi connectivity index (χ2n) is 12.1. The van der Waals surface area contributed by atoms with Gasteiger partial charge in [0.05, 0.1) is 0 Å². The molecule has 0 fully saturated rings. The van der Waals surface area contributed by atoms with Crippen LogP contribution < -0.4 is 5.73 Å². The van der Waals surface area contributed by atoms with E-state index < -0.39 is 6.23 Å². The van der Waals surface area contributed by atoms with Crippen molar-refractivity contribution in [2.45, 2.75) is 213 Å². The van der Waals surface area contributed by atoms with Gasteiger partial charge in [-0.15, -0.1) is 0 Å². The van der Waals surface area contributed by atoms with Crippen LogP contribution in [0.15, 0.2) is 12.2 Å². The molecule has 3 nitrogen and oxygen atoms in total. The summed E-state index contributed by atoms with van der Waals surface area (Å²) in [5, 5.41) is 0. The highest BCUT2D eigenvalue weighted by Gasteiger charge is 2.09. The van der Waals surface area contributed by atoms with Crippen molar-refractivity contribution >= 4 is 5.97 Å². The van der Waals surface area contributed by atoms with Gasteiger partial charge in [0.2, 0.25) is 0 Å². The number of allylic oxidation sites excluding steroid dienone is 2. The van der Waals surface area contributed by atoms with Crippen molar-refractivity contribution in [2.75, 3.05) is 0 Å². The van der Waals surface area contributed by atoms with Crippen molar-refractivity contribution in [3.8, 4) is 0 Å². The Morgan fingerprint density at radius 3 is 1.26 bits per heavy atom. The molecular formula is C36H71NO2. The van der Waals surface area contributed by atoms with Gasteiger partial charge in [-0.1, -0.05) is 167 Å². The fraction of sp³-hybridized carbons (Fsp3) is 0.917. The topological polar surface area (TPSA) is 52.3 Å². The summed E-state index contributed by atoms with van der Waals surface area (Å²) in [6, 6.07) is 0. The largest absolute Gasteiger partial charge is 0.447 e. The summed E-state index contributed by atoms with van der Waals surface area (Å²) >= 11 is 0. The average molecular weight is 550 g/mol.